The van der Waals surface area contributed by atoms with Crippen LogP contribution in [-0.4, -0.2) is 40.3 Å². The fourth-order valence-corrected chi connectivity index (χ4v) is 1.98. The Morgan fingerprint density at radius 3 is 2.50 bits per heavy atom. The number of nitrogens with one attached hydrogen (secondary N) is 1. The molecule has 106 valence electrons. The predicted molar refractivity (Wildman–Crippen MR) is 70.8 cm³/mol. The average Bonchev–Trinajstić information content (AvgIpc) is 2.89. The molecule has 0 spiro atoms. The van der Waals surface area contributed by atoms with E-state index in [9.17, 15) is 13.2 Å². The van der Waals surface area contributed by atoms with Crippen molar-refractivity contribution in [3.63, 3.8) is 0 Å². The lowest BCUT2D eigenvalue weighted by atomic mass is 10.3. The standard InChI is InChI=1S/C10H12N6O3S/c1-2-20(18,19)14-7-3-5-8(6-4-7)16-13-10(9(11)17)12-15-16/h3-6,14H,2H2,1H3,(H2,11,17). The van der Waals surface area contributed by atoms with E-state index >= 15 is 0 Å². The Kier molecular flexibility index (Phi) is 3.66. The predicted octanol–water partition coefficient (Wildman–Crippen LogP) is -0.477. The molecule has 2 rings (SSSR count). The molecule has 0 saturated carbocycles. The number of aromatic nitrogens is 4. The minimum Gasteiger partial charge on any atom is -0.363 e. The molecule has 9 nitrogen and oxygen atoms in total. The zero-order valence-electron chi connectivity index (χ0n) is 10.5. The quantitative estimate of drug-likeness (QED) is 0.765. The molecule has 2 aromatic rings. The summed E-state index contributed by atoms with van der Waals surface area (Å²) in [7, 11) is -3.32. The third-order valence-electron chi connectivity index (χ3n) is 2.39. The summed E-state index contributed by atoms with van der Waals surface area (Å²) in [6, 6.07) is 6.27. The van der Waals surface area contributed by atoms with Crippen LogP contribution in [0, 0.1) is 0 Å². The first-order valence-corrected chi connectivity index (χ1v) is 7.27. The second-order valence-corrected chi connectivity index (χ2v) is 5.83. The molecule has 1 amide bonds. The van der Waals surface area contributed by atoms with E-state index in [4.69, 9.17) is 5.73 Å². The molecule has 0 bridgehead atoms. The first kappa shape index (κ1) is 13.9. The van der Waals surface area contributed by atoms with Gasteiger partial charge in [0.25, 0.3) is 11.7 Å². The number of tetrazole rings is 1. The van der Waals surface area contributed by atoms with Gasteiger partial charge in [0.15, 0.2) is 0 Å². The summed E-state index contributed by atoms with van der Waals surface area (Å²) in [5, 5.41) is 10.9. The number of carbonyl (C=O) groups excluding carboxylic acids is 1. The van der Waals surface area contributed by atoms with Crippen LogP contribution in [0.3, 0.4) is 0 Å². The maximum Gasteiger partial charge on any atom is 0.290 e. The first-order valence-electron chi connectivity index (χ1n) is 5.62. The fourth-order valence-electron chi connectivity index (χ4n) is 1.34. The van der Waals surface area contributed by atoms with Crippen molar-refractivity contribution in [3.8, 4) is 5.69 Å². The maximum atomic E-state index is 11.4. The van der Waals surface area contributed by atoms with Gasteiger partial charge >= 0.3 is 0 Å². The van der Waals surface area contributed by atoms with Gasteiger partial charge < -0.3 is 5.73 Å². The van der Waals surface area contributed by atoms with Gasteiger partial charge in [-0.05, 0) is 36.4 Å². The van der Waals surface area contributed by atoms with Gasteiger partial charge in [0, 0.05) is 5.69 Å². The third kappa shape index (κ3) is 3.09. The second kappa shape index (κ2) is 5.25. The van der Waals surface area contributed by atoms with E-state index < -0.39 is 15.9 Å². The topological polar surface area (TPSA) is 133 Å². The number of benzene rings is 1. The summed E-state index contributed by atoms with van der Waals surface area (Å²) >= 11 is 0. The van der Waals surface area contributed by atoms with Crippen molar-refractivity contribution >= 4 is 21.6 Å². The number of sulfonamides is 1. The lowest BCUT2D eigenvalue weighted by Crippen LogP contribution is -2.14. The maximum absolute atomic E-state index is 11.4. The second-order valence-electron chi connectivity index (χ2n) is 3.82. The Hall–Kier alpha value is -2.49. The van der Waals surface area contributed by atoms with Crippen LogP contribution in [-0.2, 0) is 10.0 Å². The summed E-state index contributed by atoms with van der Waals surface area (Å²) < 4.78 is 25.2. The van der Waals surface area contributed by atoms with Crippen LogP contribution in [0.15, 0.2) is 24.3 Å². The summed E-state index contributed by atoms with van der Waals surface area (Å²) in [6.07, 6.45) is 0. The number of nitrogens with zero attached hydrogens (tertiary/aromatic N) is 4. The lowest BCUT2D eigenvalue weighted by Gasteiger charge is -2.06. The largest absolute Gasteiger partial charge is 0.363 e. The molecule has 1 heterocycles. The summed E-state index contributed by atoms with van der Waals surface area (Å²) in [6.45, 7) is 1.54. The molecule has 0 unspecified atom stereocenters. The van der Waals surface area contributed by atoms with E-state index in [1.165, 1.54) is 0 Å². The minimum atomic E-state index is -3.32. The highest BCUT2D eigenvalue weighted by molar-refractivity contribution is 7.92. The van der Waals surface area contributed by atoms with Crippen LogP contribution in [0.25, 0.3) is 5.69 Å². The molecule has 0 aliphatic carbocycles. The molecule has 0 atom stereocenters. The average molecular weight is 296 g/mol. The first-order chi connectivity index (χ1) is 9.41. The molecule has 20 heavy (non-hydrogen) atoms. The van der Waals surface area contributed by atoms with E-state index in [0.717, 1.165) is 4.80 Å². The number of nitrogens with two attached hydrogens (primary N) is 1. The summed E-state index contributed by atoms with van der Waals surface area (Å²) in [5.41, 5.74) is 5.96. The Morgan fingerprint density at radius 1 is 1.35 bits per heavy atom. The number of hydrogen-bond donors (Lipinski definition) is 2. The van der Waals surface area contributed by atoms with Crippen LogP contribution in [0.2, 0.25) is 0 Å². The zero-order chi connectivity index (χ0) is 14.8. The normalized spacial score (nSPS) is 11.2. The molecule has 0 aliphatic heterocycles. The highest BCUT2D eigenvalue weighted by Gasteiger charge is 2.10. The summed E-state index contributed by atoms with van der Waals surface area (Å²) in [4.78, 5) is 12.0. The number of anilines is 1. The van der Waals surface area contributed by atoms with E-state index in [2.05, 4.69) is 20.1 Å². The molecule has 0 saturated heterocycles. The Bertz CT molecular complexity index is 722. The van der Waals surface area contributed by atoms with Crippen LogP contribution in [0.4, 0.5) is 5.69 Å². The van der Waals surface area contributed by atoms with Crippen LogP contribution < -0.4 is 10.5 Å². The van der Waals surface area contributed by atoms with Crippen molar-refractivity contribution in [2.75, 3.05) is 10.5 Å². The van der Waals surface area contributed by atoms with Crippen LogP contribution in [0.1, 0.15) is 17.5 Å². The van der Waals surface area contributed by atoms with Crippen molar-refractivity contribution in [2.24, 2.45) is 5.73 Å². The number of primary amides is 1. The van der Waals surface area contributed by atoms with Crippen molar-refractivity contribution in [2.45, 2.75) is 6.92 Å². The molecule has 10 heteroatoms. The molecule has 1 aromatic carbocycles. The number of carbonyl (C=O) groups is 1. The Balaban J connectivity index is 2.21. The highest BCUT2D eigenvalue weighted by Crippen LogP contribution is 2.13. The van der Waals surface area contributed by atoms with Crippen molar-refractivity contribution in [1.82, 2.24) is 20.2 Å². The summed E-state index contributed by atoms with van der Waals surface area (Å²) in [5.74, 6) is -0.981. The molecular formula is C10H12N6O3S. The van der Waals surface area contributed by atoms with Gasteiger partial charge in [-0.2, -0.15) is 0 Å². The Labute approximate surface area is 114 Å². The number of hydrogen-bond acceptors (Lipinski definition) is 6. The van der Waals surface area contributed by atoms with E-state index in [1.807, 2.05) is 0 Å². The molecule has 3 N–H and O–H groups in total. The third-order valence-corrected chi connectivity index (χ3v) is 3.69. The van der Waals surface area contributed by atoms with Crippen molar-refractivity contribution < 1.29 is 13.2 Å². The highest BCUT2D eigenvalue weighted by atomic mass is 32.2. The monoisotopic (exact) mass is 296 g/mol. The minimum absolute atomic E-state index is 0.0125. The van der Waals surface area contributed by atoms with E-state index in [1.54, 1.807) is 31.2 Å². The lowest BCUT2D eigenvalue weighted by molar-refractivity contribution is 0.0990. The van der Waals surface area contributed by atoms with E-state index in [-0.39, 0.29) is 11.6 Å². The van der Waals surface area contributed by atoms with Crippen molar-refractivity contribution in [3.05, 3.63) is 30.1 Å². The molecular weight excluding hydrogens is 284 g/mol. The number of rotatable bonds is 5. The van der Waals surface area contributed by atoms with Crippen molar-refractivity contribution in [1.29, 1.82) is 0 Å². The Morgan fingerprint density at radius 2 is 2.00 bits per heavy atom. The molecule has 0 aliphatic rings. The van der Waals surface area contributed by atoms with Crippen LogP contribution in [0.5, 0.6) is 0 Å². The smallest absolute Gasteiger partial charge is 0.290 e. The van der Waals surface area contributed by atoms with Gasteiger partial charge in [0.2, 0.25) is 10.0 Å². The van der Waals surface area contributed by atoms with Gasteiger partial charge in [-0.25, -0.2) is 8.42 Å². The van der Waals surface area contributed by atoms with Gasteiger partial charge in [-0.15, -0.1) is 15.0 Å². The fraction of sp³-hybridized carbons (Fsp3) is 0.200. The van der Waals surface area contributed by atoms with Gasteiger partial charge in [0.1, 0.15) is 0 Å². The van der Waals surface area contributed by atoms with E-state index in [0.29, 0.717) is 11.4 Å². The zero-order valence-corrected chi connectivity index (χ0v) is 11.3. The molecule has 0 fully saturated rings. The SMILES string of the molecule is CCS(=O)(=O)Nc1ccc(-n2nnc(C(N)=O)n2)cc1. The molecule has 0 radical (unpaired) electrons. The molecule has 1 aromatic heterocycles. The van der Waals surface area contributed by atoms with Gasteiger partial charge in [0.05, 0.1) is 11.4 Å². The van der Waals surface area contributed by atoms with Gasteiger partial charge in [-0.3, -0.25) is 9.52 Å². The van der Waals surface area contributed by atoms with Gasteiger partial charge in [-0.1, -0.05) is 0 Å². The van der Waals surface area contributed by atoms with Crippen LogP contribution >= 0.6 is 0 Å². The number of amides is 1.